The molecule has 12 nitrogen and oxygen atoms in total. The van der Waals surface area contributed by atoms with E-state index in [-0.39, 0.29) is 37.6 Å². The minimum Gasteiger partial charge on any atom is -0.493 e. The van der Waals surface area contributed by atoms with Crippen molar-refractivity contribution >= 4 is 23.9 Å². The predicted molar refractivity (Wildman–Crippen MR) is 197 cm³/mol. The third kappa shape index (κ3) is 11.6. The third-order valence-corrected chi connectivity index (χ3v) is 7.87. The molecule has 2 atom stereocenters. The number of hydrogen-bond donors (Lipinski definition) is 0. The summed E-state index contributed by atoms with van der Waals surface area (Å²) in [6.07, 6.45) is 0.798. The van der Waals surface area contributed by atoms with E-state index in [9.17, 15) is 19.2 Å². The molecule has 12 heteroatoms. The van der Waals surface area contributed by atoms with Crippen LogP contribution >= 0.6 is 0 Å². The predicted octanol–water partition coefficient (Wildman–Crippen LogP) is 6.73. The van der Waals surface area contributed by atoms with Crippen LogP contribution in [0.4, 0.5) is 0 Å². The molecule has 1 aliphatic rings. The molecule has 1 saturated heterocycles. The minimum atomic E-state index is -1.27. The Hall–Kier alpha value is -6.24. The molecular weight excluding hydrogens is 696 g/mol. The molecule has 4 aromatic rings. The molecule has 0 unspecified atom stereocenters. The summed E-state index contributed by atoms with van der Waals surface area (Å²) in [4.78, 5) is 48.3. The van der Waals surface area contributed by atoms with Gasteiger partial charge in [0.25, 0.3) is 12.6 Å². The normalized spacial score (nSPS) is 14.9. The number of rotatable bonds is 18. The van der Waals surface area contributed by atoms with Gasteiger partial charge in [-0.25, -0.2) is 19.2 Å². The van der Waals surface area contributed by atoms with E-state index >= 15 is 0 Å². The number of hydrogen-bond acceptors (Lipinski definition) is 12. The number of esters is 4. The summed E-state index contributed by atoms with van der Waals surface area (Å²) < 4.78 is 43.6. The SMILES string of the molecule is C=CC(=O)OCCCOc1ccc(-c2ccc(C(=O)O[C@H]3OCCO[C@@H]3OC(=O)c3ccc(-c4ccc(OCCCOC(=O)C=C)cc4)cc3)cc2)cc1. The highest BCUT2D eigenvalue weighted by Gasteiger charge is 2.34. The topological polar surface area (TPSA) is 142 Å². The van der Waals surface area contributed by atoms with Gasteiger partial charge in [-0.05, 0) is 70.8 Å². The quantitative estimate of drug-likeness (QED) is 0.0463. The van der Waals surface area contributed by atoms with Gasteiger partial charge in [-0.1, -0.05) is 61.7 Å². The van der Waals surface area contributed by atoms with E-state index in [2.05, 4.69) is 13.2 Å². The fourth-order valence-electron chi connectivity index (χ4n) is 5.06. The van der Waals surface area contributed by atoms with Crippen molar-refractivity contribution in [1.29, 1.82) is 0 Å². The minimum absolute atomic E-state index is 0.150. The van der Waals surface area contributed by atoms with E-state index in [1.807, 2.05) is 48.5 Å². The van der Waals surface area contributed by atoms with Gasteiger partial charge >= 0.3 is 23.9 Å². The largest absolute Gasteiger partial charge is 0.493 e. The summed E-state index contributed by atoms with van der Waals surface area (Å²) >= 11 is 0. The van der Waals surface area contributed by atoms with Crippen LogP contribution in [-0.4, -0.2) is 76.1 Å². The maximum Gasteiger partial charge on any atom is 0.340 e. The Balaban J connectivity index is 1.08. The van der Waals surface area contributed by atoms with Gasteiger partial charge < -0.3 is 37.9 Å². The zero-order valence-corrected chi connectivity index (χ0v) is 29.5. The lowest BCUT2D eigenvalue weighted by atomic mass is 10.0. The van der Waals surface area contributed by atoms with E-state index in [1.165, 1.54) is 0 Å². The highest BCUT2D eigenvalue weighted by atomic mass is 16.8. The highest BCUT2D eigenvalue weighted by Crippen LogP contribution is 2.26. The molecule has 280 valence electrons. The Morgan fingerprint density at radius 1 is 0.519 bits per heavy atom. The Morgan fingerprint density at radius 2 is 0.852 bits per heavy atom. The molecule has 1 heterocycles. The summed E-state index contributed by atoms with van der Waals surface area (Å²) in [6.45, 7) is 8.28. The smallest absolute Gasteiger partial charge is 0.340 e. The lowest BCUT2D eigenvalue weighted by Gasteiger charge is -2.30. The van der Waals surface area contributed by atoms with Crippen LogP contribution in [0.2, 0.25) is 0 Å². The van der Waals surface area contributed by atoms with Crippen LogP contribution in [0.3, 0.4) is 0 Å². The molecule has 0 spiro atoms. The molecule has 54 heavy (non-hydrogen) atoms. The summed E-state index contributed by atoms with van der Waals surface area (Å²) in [5.74, 6) is -0.931. The van der Waals surface area contributed by atoms with Crippen LogP contribution in [0.1, 0.15) is 33.6 Å². The molecule has 1 aliphatic heterocycles. The molecule has 5 rings (SSSR count). The highest BCUT2D eigenvalue weighted by molar-refractivity contribution is 5.91. The van der Waals surface area contributed by atoms with Crippen LogP contribution in [0.15, 0.2) is 122 Å². The van der Waals surface area contributed by atoms with Gasteiger partial charge in [-0.15, -0.1) is 0 Å². The zero-order chi connectivity index (χ0) is 38.1. The van der Waals surface area contributed by atoms with Crippen molar-refractivity contribution in [3.63, 3.8) is 0 Å². The van der Waals surface area contributed by atoms with Crippen LogP contribution in [0, 0.1) is 0 Å². The summed E-state index contributed by atoms with van der Waals surface area (Å²) in [5.41, 5.74) is 4.11. The van der Waals surface area contributed by atoms with Gasteiger partial charge in [-0.2, -0.15) is 0 Å². The first-order valence-corrected chi connectivity index (χ1v) is 17.2. The van der Waals surface area contributed by atoms with Crippen molar-refractivity contribution < 1.29 is 57.1 Å². The lowest BCUT2D eigenvalue weighted by Crippen LogP contribution is -2.44. The van der Waals surface area contributed by atoms with E-state index in [0.29, 0.717) is 37.6 Å². The van der Waals surface area contributed by atoms with Crippen LogP contribution in [0.25, 0.3) is 22.3 Å². The van der Waals surface area contributed by atoms with E-state index in [0.717, 1.165) is 34.4 Å². The molecule has 0 saturated carbocycles. The van der Waals surface area contributed by atoms with Crippen LogP contribution in [-0.2, 0) is 38.0 Å². The molecular formula is C42H40O12. The second-order valence-corrected chi connectivity index (χ2v) is 11.6. The van der Waals surface area contributed by atoms with Crippen molar-refractivity contribution in [3.8, 4) is 33.8 Å². The summed E-state index contributed by atoms with van der Waals surface area (Å²) in [6, 6.07) is 28.6. The number of benzene rings is 4. The maximum atomic E-state index is 13.0. The Kier molecular flexibility index (Phi) is 14.5. The average molecular weight is 737 g/mol. The Labute approximate surface area is 312 Å². The van der Waals surface area contributed by atoms with Gasteiger partial charge in [0, 0.05) is 25.0 Å². The van der Waals surface area contributed by atoms with Crippen molar-refractivity contribution in [1.82, 2.24) is 0 Å². The van der Waals surface area contributed by atoms with Gasteiger partial charge in [0.05, 0.1) is 50.8 Å². The third-order valence-electron chi connectivity index (χ3n) is 7.87. The standard InChI is InChI=1S/C42H40O12/c1-3-37(43)49-25-5-23-47-35-19-15-31(16-20-35)29-7-11-33(12-8-29)39(45)53-41-42(52-28-27-51-41)54-40(46)34-13-9-30(10-14-34)32-17-21-36(22-18-32)48-24-6-26-50-38(44)4-2/h3-4,7-22,41-42H,1-2,5-6,23-28H2/t41-,42-/m1/s1. The average Bonchev–Trinajstić information content (AvgIpc) is 3.21. The van der Waals surface area contributed by atoms with Crippen molar-refractivity contribution in [2.24, 2.45) is 0 Å². The molecule has 0 aromatic heterocycles. The van der Waals surface area contributed by atoms with Crippen molar-refractivity contribution in [2.75, 3.05) is 39.6 Å². The fraction of sp³-hybridized carbons (Fsp3) is 0.238. The van der Waals surface area contributed by atoms with Gasteiger partial charge in [0.1, 0.15) is 11.5 Å². The van der Waals surface area contributed by atoms with E-state index in [4.69, 9.17) is 37.9 Å². The zero-order valence-electron chi connectivity index (χ0n) is 29.5. The number of carbonyl (C=O) groups excluding carboxylic acids is 4. The molecule has 0 aliphatic carbocycles. The summed E-state index contributed by atoms with van der Waals surface area (Å²) in [7, 11) is 0. The summed E-state index contributed by atoms with van der Waals surface area (Å²) in [5, 5.41) is 0. The second kappa shape index (κ2) is 20.1. The van der Waals surface area contributed by atoms with Gasteiger partial charge in [0.15, 0.2) is 0 Å². The first-order valence-electron chi connectivity index (χ1n) is 17.2. The first-order chi connectivity index (χ1) is 26.3. The van der Waals surface area contributed by atoms with Crippen molar-refractivity contribution in [3.05, 3.63) is 133 Å². The second-order valence-electron chi connectivity index (χ2n) is 11.6. The molecule has 0 radical (unpaired) electrons. The van der Waals surface area contributed by atoms with E-state index < -0.39 is 36.5 Å². The molecule has 0 amide bonds. The lowest BCUT2D eigenvalue weighted by molar-refractivity contribution is -0.288. The number of carbonyl (C=O) groups is 4. The monoisotopic (exact) mass is 736 g/mol. The number of ether oxygens (including phenoxy) is 8. The fourth-order valence-corrected chi connectivity index (χ4v) is 5.06. The van der Waals surface area contributed by atoms with Gasteiger partial charge in [-0.3, -0.25) is 0 Å². The Bertz CT molecular complexity index is 1730. The molecule has 1 fully saturated rings. The van der Waals surface area contributed by atoms with Crippen molar-refractivity contribution in [2.45, 2.75) is 25.4 Å². The van der Waals surface area contributed by atoms with Crippen LogP contribution < -0.4 is 9.47 Å². The molecule has 0 N–H and O–H groups in total. The van der Waals surface area contributed by atoms with Crippen LogP contribution in [0.5, 0.6) is 11.5 Å². The molecule has 4 aromatic carbocycles. The first kappa shape index (κ1) is 39.0. The van der Waals surface area contributed by atoms with E-state index in [1.54, 1.807) is 48.5 Å². The maximum absolute atomic E-state index is 13.0. The molecule has 0 bridgehead atoms. The van der Waals surface area contributed by atoms with Gasteiger partial charge in [0.2, 0.25) is 0 Å². The Morgan fingerprint density at radius 3 is 1.19 bits per heavy atom.